The molecule has 2 aromatic carbocycles. The van der Waals surface area contributed by atoms with E-state index in [2.05, 4.69) is 66.1 Å². The average molecular weight is 278 g/mol. The minimum absolute atomic E-state index is 0.895. The third-order valence-corrected chi connectivity index (χ3v) is 4.59. The predicted molar refractivity (Wildman–Crippen MR) is 85.4 cm³/mol. The maximum absolute atomic E-state index is 4.70. The fourth-order valence-corrected chi connectivity index (χ4v) is 3.66. The third kappa shape index (κ3) is 1.74. The molecular formula is C17H14N2S. The van der Waals surface area contributed by atoms with Crippen LogP contribution in [0.5, 0.6) is 0 Å². The summed E-state index contributed by atoms with van der Waals surface area (Å²) in [6.45, 7) is 2.97. The number of nitrogens with zero attached hydrogens (tertiary/aromatic N) is 2. The van der Waals surface area contributed by atoms with Gasteiger partial charge in [-0.2, -0.15) is 0 Å². The van der Waals surface area contributed by atoms with E-state index in [1.165, 1.54) is 21.3 Å². The normalized spacial score (nSPS) is 11.4. The average Bonchev–Trinajstić information content (AvgIpc) is 2.98. The van der Waals surface area contributed by atoms with E-state index in [0.717, 1.165) is 17.1 Å². The zero-order valence-corrected chi connectivity index (χ0v) is 12.0. The molecule has 0 amide bonds. The van der Waals surface area contributed by atoms with Gasteiger partial charge < -0.3 is 4.57 Å². The van der Waals surface area contributed by atoms with Crippen LogP contribution in [0.25, 0.3) is 21.3 Å². The molecule has 2 nitrogen and oxygen atoms in total. The number of thiazole rings is 1. The van der Waals surface area contributed by atoms with Gasteiger partial charge in [0.25, 0.3) is 0 Å². The fraction of sp³-hybridized carbons (Fsp3) is 0.118. The Morgan fingerprint density at radius 3 is 2.60 bits per heavy atom. The topological polar surface area (TPSA) is 17.8 Å². The van der Waals surface area contributed by atoms with Crippen molar-refractivity contribution in [3.63, 3.8) is 0 Å². The first kappa shape index (κ1) is 11.7. The summed E-state index contributed by atoms with van der Waals surface area (Å²) >= 11 is 1.78. The maximum Gasteiger partial charge on any atom is 0.124 e. The van der Waals surface area contributed by atoms with Crippen molar-refractivity contribution in [1.82, 2.24) is 9.55 Å². The molecule has 0 saturated carbocycles. The van der Waals surface area contributed by atoms with Gasteiger partial charge in [0.15, 0.2) is 0 Å². The molecule has 20 heavy (non-hydrogen) atoms. The molecule has 98 valence electrons. The van der Waals surface area contributed by atoms with Crippen LogP contribution >= 0.6 is 11.3 Å². The molecule has 0 bridgehead atoms. The van der Waals surface area contributed by atoms with Gasteiger partial charge in [0.1, 0.15) is 10.3 Å². The van der Waals surface area contributed by atoms with Crippen LogP contribution in [0.2, 0.25) is 0 Å². The predicted octanol–water partition coefficient (Wildman–Crippen LogP) is 4.61. The second kappa shape index (κ2) is 4.46. The Balaban J connectivity index is 1.99. The summed E-state index contributed by atoms with van der Waals surface area (Å²) < 4.78 is 2.38. The van der Waals surface area contributed by atoms with Crippen molar-refractivity contribution in [2.75, 3.05) is 0 Å². The third-order valence-electron chi connectivity index (χ3n) is 3.59. The minimum atomic E-state index is 0.895. The van der Waals surface area contributed by atoms with Gasteiger partial charge in [0.05, 0.1) is 10.5 Å². The minimum Gasteiger partial charge on any atom is -0.326 e. The Hall–Kier alpha value is -2.13. The van der Waals surface area contributed by atoms with E-state index in [9.17, 15) is 0 Å². The Labute approximate surface area is 121 Å². The molecule has 0 aliphatic carbocycles. The van der Waals surface area contributed by atoms with Crippen LogP contribution in [0.1, 0.15) is 10.6 Å². The van der Waals surface area contributed by atoms with Crippen LogP contribution in [0.15, 0.2) is 54.6 Å². The fourth-order valence-electron chi connectivity index (χ4n) is 2.72. The Kier molecular flexibility index (Phi) is 2.60. The van der Waals surface area contributed by atoms with Crippen LogP contribution in [-0.2, 0) is 6.54 Å². The highest BCUT2D eigenvalue weighted by Crippen LogP contribution is 2.32. The molecule has 0 fully saturated rings. The summed E-state index contributed by atoms with van der Waals surface area (Å²) in [6, 6.07) is 19.1. The van der Waals surface area contributed by atoms with Crippen molar-refractivity contribution in [3.05, 3.63) is 65.2 Å². The van der Waals surface area contributed by atoms with Crippen molar-refractivity contribution < 1.29 is 0 Å². The van der Waals surface area contributed by atoms with Crippen LogP contribution in [-0.4, -0.2) is 9.55 Å². The number of rotatable bonds is 2. The van der Waals surface area contributed by atoms with E-state index in [0.29, 0.717) is 0 Å². The molecule has 0 N–H and O–H groups in total. The van der Waals surface area contributed by atoms with E-state index in [-0.39, 0.29) is 0 Å². The van der Waals surface area contributed by atoms with Gasteiger partial charge in [0, 0.05) is 11.9 Å². The number of aromatic nitrogens is 2. The van der Waals surface area contributed by atoms with E-state index in [1.54, 1.807) is 11.3 Å². The van der Waals surface area contributed by atoms with Gasteiger partial charge in [-0.25, -0.2) is 4.98 Å². The van der Waals surface area contributed by atoms with Crippen LogP contribution in [0.4, 0.5) is 0 Å². The van der Waals surface area contributed by atoms with Gasteiger partial charge in [0.2, 0.25) is 0 Å². The summed E-state index contributed by atoms with van der Waals surface area (Å²) in [5, 5.41) is 2.38. The van der Waals surface area contributed by atoms with Crippen LogP contribution in [0, 0.1) is 6.92 Å². The number of fused-ring (bicyclic) bond motifs is 3. The monoisotopic (exact) mass is 278 g/mol. The smallest absolute Gasteiger partial charge is 0.124 e. The summed E-state index contributed by atoms with van der Waals surface area (Å²) in [5.74, 6) is 0. The SMILES string of the molecule is Cc1nc2c3ccccc3n(Cc3ccccc3)c2s1. The molecule has 0 spiro atoms. The van der Waals surface area contributed by atoms with Crippen molar-refractivity contribution in [2.24, 2.45) is 0 Å². The zero-order chi connectivity index (χ0) is 13.5. The number of hydrogen-bond acceptors (Lipinski definition) is 2. The molecule has 0 aliphatic heterocycles. The Morgan fingerprint density at radius 1 is 1.00 bits per heavy atom. The molecule has 4 aromatic rings. The molecule has 0 radical (unpaired) electrons. The first-order chi connectivity index (χ1) is 9.83. The van der Waals surface area contributed by atoms with E-state index in [1.807, 2.05) is 0 Å². The van der Waals surface area contributed by atoms with Crippen molar-refractivity contribution in [1.29, 1.82) is 0 Å². The summed E-state index contributed by atoms with van der Waals surface area (Å²) in [6.07, 6.45) is 0. The van der Waals surface area contributed by atoms with Crippen molar-refractivity contribution in [3.8, 4) is 0 Å². The van der Waals surface area contributed by atoms with E-state index >= 15 is 0 Å². The van der Waals surface area contributed by atoms with Gasteiger partial charge in [-0.15, -0.1) is 11.3 Å². The lowest BCUT2D eigenvalue weighted by atomic mass is 10.2. The maximum atomic E-state index is 4.70. The number of para-hydroxylation sites is 1. The Morgan fingerprint density at radius 2 is 1.75 bits per heavy atom. The molecule has 4 rings (SSSR count). The number of hydrogen-bond donors (Lipinski definition) is 0. The molecule has 0 saturated heterocycles. The molecule has 2 aromatic heterocycles. The largest absolute Gasteiger partial charge is 0.326 e. The van der Waals surface area contributed by atoms with Gasteiger partial charge in [-0.3, -0.25) is 0 Å². The molecule has 0 aliphatic rings. The van der Waals surface area contributed by atoms with Gasteiger partial charge in [-0.05, 0) is 18.6 Å². The molecular weight excluding hydrogens is 264 g/mol. The number of aryl methyl sites for hydroxylation is 1. The Bertz CT molecular complexity index is 887. The van der Waals surface area contributed by atoms with E-state index in [4.69, 9.17) is 4.98 Å². The first-order valence-electron chi connectivity index (χ1n) is 6.71. The molecule has 0 unspecified atom stereocenters. The van der Waals surface area contributed by atoms with Crippen molar-refractivity contribution in [2.45, 2.75) is 13.5 Å². The number of benzene rings is 2. The summed E-state index contributed by atoms with van der Waals surface area (Å²) in [5.41, 5.74) is 3.73. The molecule has 2 heterocycles. The van der Waals surface area contributed by atoms with Crippen LogP contribution < -0.4 is 0 Å². The lowest BCUT2D eigenvalue weighted by molar-refractivity contribution is 0.875. The zero-order valence-electron chi connectivity index (χ0n) is 11.2. The van der Waals surface area contributed by atoms with E-state index < -0.39 is 0 Å². The molecule has 3 heteroatoms. The quantitative estimate of drug-likeness (QED) is 0.523. The second-order valence-electron chi connectivity index (χ2n) is 4.98. The highest BCUT2D eigenvalue weighted by Gasteiger charge is 2.14. The van der Waals surface area contributed by atoms with Gasteiger partial charge >= 0.3 is 0 Å². The highest BCUT2D eigenvalue weighted by molar-refractivity contribution is 7.18. The lowest BCUT2D eigenvalue weighted by Crippen LogP contribution is -1.97. The first-order valence-corrected chi connectivity index (χ1v) is 7.53. The highest BCUT2D eigenvalue weighted by atomic mass is 32.1. The van der Waals surface area contributed by atoms with Crippen molar-refractivity contribution >= 4 is 32.6 Å². The second-order valence-corrected chi connectivity index (χ2v) is 6.16. The van der Waals surface area contributed by atoms with Crippen LogP contribution in [0.3, 0.4) is 0 Å². The van der Waals surface area contributed by atoms with Gasteiger partial charge in [-0.1, -0.05) is 48.5 Å². The summed E-state index contributed by atoms with van der Waals surface area (Å²) in [7, 11) is 0. The standard InChI is InChI=1S/C17H14N2S/c1-12-18-16-14-9-5-6-10-15(14)19(17(16)20-12)11-13-7-3-2-4-8-13/h2-10H,11H2,1H3. The lowest BCUT2D eigenvalue weighted by Gasteiger charge is -2.06. The molecule has 0 atom stereocenters. The summed E-state index contributed by atoms with van der Waals surface area (Å²) in [4.78, 5) is 5.97.